The van der Waals surface area contributed by atoms with E-state index in [1.165, 1.54) is 0 Å². The highest BCUT2D eigenvalue weighted by Crippen LogP contribution is 2.28. The standard InChI is InChI=1S/C14H19BrN2O2S/c1-17(9-14(18)4-6-19-7-5-14)12-8-10(15)2-3-11(12)13(16)20/h2-3,8,18H,4-7,9H2,1H3,(H2,16,20). The summed E-state index contributed by atoms with van der Waals surface area (Å²) >= 11 is 8.56. The molecule has 1 aliphatic heterocycles. The zero-order valence-corrected chi connectivity index (χ0v) is 13.8. The second-order valence-corrected chi connectivity index (χ2v) is 6.57. The van der Waals surface area contributed by atoms with E-state index in [4.69, 9.17) is 22.7 Å². The predicted molar refractivity (Wildman–Crippen MR) is 88.3 cm³/mol. The molecule has 1 fully saturated rings. The average Bonchev–Trinajstić information content (AvgIpc) is 2.38. The summed E-state index contributed by atoms with van der Waals surface area (Å²) in [6, 6.07) is 5.78. The Kier molecular flexibility index (Phi) is 5.01. The normalized spacial score (nSPS) is 17.8. The van der Waals surface area contributed by atoms with Gasteiger partial charge in [0.25, 0.3) is 0 Å². The lowest BCUT2D eigenvalue weighted by molar-refractivity contribution is -0.0572. The smallest absolute Gasteiger partial charge is 0.106 e. The summed E-state index contributed by atoms with van der Waals surface area (Å²) < 4.78 is 6.26. The van der Waals surface area contributed by atoms with Crippen molar-refractivity contribution in [1.29, 1.82) is 0 Å². The van der Waals surface area contributed by atoms with Gasteiger partial charge in [-0.1, -0.05) is 28.1 Å². The molecule has 0 amide bonds. The predicted octanol–water partition coefficient (Wildman–Crippen LogP) is 2.06. The summed E-state index contributed by atoms with van der Waals surface area (Å²) in [7, 11) is 1.94. The van der Waals surface area contributed by atoms with Crippen molar-refractivity contribution in [3.05, 3.63) is 28.2 Å². The Morgan fingerprint density at radius 1 is 1.50 bits per heavy atom. The molecule has 6 heteroatoms. The molecule has 4 nitrogen and oxygen atoms in total. The van der Waals surface area contributed by atoms with E-state index in [0.717, 1.165) is 15.7 Å². The molecule has 2 rings (SSSR count). The zero-order chi connectivity index (χ0) is 14.8. The Morgan fingerprint density at radius 3 is 2.75 bits per heavy atom. The topological polar surface area (TPSA) is 58.7 Å². The maximum Gasteiger partial charge on any atom is 0.106 e. The third-order valence-electron chi connectivity index (χ3n) is 3.59. The summed E-state index contributed by atoms with van der Waals surface area (Å²) in [5.41, 5.74) is 6.80. The van der Waals surface area contributed by atoms with Gasteiger partial charge in [0, 0.05) is 55.4 Å². The number of halogens is 1. The van der Waals surface area contributed by atoms with Gasteiger partial charge in [-0.05, 0) is 18.2 Å². The monoisotopic (exact) mass is 358 g/mol. The van der Waals surface area contributed by atoms with Crippen molar-refractivity contribution in [3.8, 4) is 0 Å². The number of aliphatic hydroxyl groups is 1. The van der Waals surface area contributed by atoms with E-state index >= 15 is 0 Å². The van der Waals surface area contributed by atoms with Gasteiger partial charge in [0.2, 0.25) is 0 Å². The van der Waals surface area contributed by atoms with Crippen LogP contribution in [0.15, 0.2) is 22.7 Å². The molecule has 0 saturated carbocycles. The lowest BCUT2D eigenvalue weighted by atomic mass is 9.93. The van der Waals surface area contributed by atoms with Crippen LogP contribution >= 0.6 is 28.1 Å². The van der Waals surface area contributed by atoms with E-state index in [2.05, 4.69) is 15.9 Å². The highest BCUT2D eigenvalue weighted by Gasteiger charge is 2.31. The summed E-state index contributed by atoms with van der Waals surface area (Å²) in [5, 5.41) is 10.6. The largest absolute Gasteiger partial charge is 0.389 e. The van der Waals surface area contributed by atoms with E-state index in [9.17, 15) is 5.11 Å². The van der Waals surface area contributed by atoms with Crippen molar-refractivity contribution in [2.75, 3.05) is 31.7 Å². The molecule has 20 heavy (non-hydrogen) atoms. The molecule has 1 aromatic carbocycles. The maximum atomic E-state index is 10.6. The number of nitrogens with two attached hydrogens (primary N) is 1. The van der Waals surface area contributed by atoms with Crippen LogP contribution in [0.25, 0.3) is 0 Å². The number of ether oxygens (including phenoxy) is 1. The first-order chi connectivity index (χ1) is 9.41. The minimum Gasteiger partial charge on any atom is -0.389 e. The summed E-state index contributed by atoms with van der Waals surface area (Å²) in [6.45, 7) is 1.73. The van der Waals surface area contributed by atoms with Crippen LogP contribution in [0, 0.1) is 0 Å². The molecule has 1 heterocycles. The minimum atomic E-state index is -0.719. The van der Waals surface area contributed by atoms with Crippen LogP contribution in [-0.2, 0) is 4.74 Å². The van der Waals surface area contributed by atoms with Crippen LogP contribution in [0.3, 0.4) is 0 Å². The van der Waals surface area contributed by atoms with Crippen molar-refractivity contribution in [1.82, 2.24) is 0 Å². The SMILES string of the molecule is CN(CC1(O)CCOCC1)c1cc(Br)ccc1C(N)=S. The van der Waals surface area contributed by atoms with E-state index < -0.39 is 5.60 Å². The van der Waals surface area contributed by atoms with Gasteiger partial charge in [-0.3, -0.25) is 0 Å². The number of anilines is 1. The van der Waals surface area contributed by atoms with Gasteiger partial charge in [0.05, 0.1) is 5.60 Å². The van der Waals surface area contributed by atoms with Crippen LogP contribution in [0.2, 0.25) is 0 Å². The molecular formula is C14H19BrN2O2S. The van der Waals surface area contributed by atoms with Crippen LogP contribution < -0.4 is 10.6 Å². The number of benzene rings is 1. The molecule has 1 aromatic rings. The molecule has 0 unspecified atom stereocenters. The summed E-state index contributed by atoms with van der Waals surface area (Å²) in [4.78, 5) is 2.36. The number of likely N-dealkylation sites (N-methyl/N-ethyl adjacent to an activating group) is 1. The fourth-order valence-corrected chi connectivity index (χ4v) is 2.99. The summed E-state index contributed by atoms with van der Waals surface area (Å²) in [6.07, 6.45) is 1.29. The molecule has 0 spiro atoms. The molecule has 110 valence electrons. The number of hydrogen-bond donors (Lipinski definition) is 2. The quantitative estimate of drug-likeness (QED) is 0.806. The zero-order valence-electron chi connectivity index (χ0n) is 11.4. The first kappa shape index (κ1) is 15.7. The second-order valence-electron chi connectivity index (χ2n) is 5.22. The highest BCUT2D eigenvalue weighted by atomic mass is 79.9. The van der Waals surface area contributed by atoms with Crippen molar-refractivity contribution in [2.24, 2.45) is 5.73 Å². The molecule has 0 aliphatic carbocycles. The van der Waals surface area contributed by atoms with Gasteiger partial charge in [0.15, 0.2) is 0 Å². The van der Waals surface area contributed by atoms with Crippen molar-refractivity contribution < 1.29 is 9.84 Å². The molecular weight excluding hydrogens is 340 g/mol. The van der Waals surface area contributed by atoms with Crippen LogP contribution in [-0.4, -0.2) is 42.5 Å². The Morgan fingerprint density at radius 2 is 2.15 bits per heavy atom. The van der Waals surface area contributed by atoms with E-state index in [1.54, 1.807) is 0 Å². The Bertz CT molecular complexity index is 504. The third-order valence-corrected chi connectivity index (χ3v) is 4.30. The summed E-state index contributed by atoms with van der Waals surface area (Å²) in [5.74, 6) is 0. The van der Waals surface area contributed by atoms with E-state index in [0.29, 0.717) is 37.6 Å². The first-order valence-electron chi connectivity index (χ1n) is 6.52. The average molecular weight is 359 g/mol. The fourth-order valence-electron chi connectivity index (χ4n) is 2.47. The van der Waals surface area contributed by atoms with Gasteiger partial charge in [-0.15, -0.1) is 0 Å². The Balaban J connectivity index is 2.21. The van der Waals surface area contributed by atoms with Gasteiger partial charge in [-0.25, -0.2) is 0 Å². The molecule has 0 atom stereocenters. The number of nitrogens with zero attached hydrogens (tertiary/aromatic N) is 1. The van der Waals surface area contributed by atoms with Crippen molar-refractivity contribution >= 4 is 38.8 Å². The first-order valence-corrected chi connectivity index (χ1v) is 7.72. The fraction of sp³-hybridized carbons (Fsp3) is 0.500. The van der Waals surface area contributed by atoms with Gasteiger partial charge >= 0.3 is 0 Å². The lowest BCUT2D eigenvalue weighted by Gasteiger charge is -2.36. The molecule has 0 aromatic heterocycles. The van der Waals surface area contributed by atoms with Gasteiger partial charge < -0.3 is 20.5 Å². The van der Waals surface area contributed by atoms with Gasteiger partial charge in [0.1, 0.15) is 4.99 Å². The Labute approximate surface area is 133 Å². The molecule has 0 bridgehead atoms. The minimum absolute atomic E-state index is 0.360. The second kappa shape index (κ2) is 6.39. The van der Waals surface area contributed by atoms with E-state index in [-0.39, 0.29) is 0 Å². The molecule has 3 N–H and O–H groups in total. The Hall–Kier alpha value is -0.690. The van der Waals surface area contributed by atoms with Crippen LogP contribution in [0.4, 0.5) is 5.69 Å². The van der Waals surface area contributed by atoms with Gasteiger partial charge in [-0.2, -0.15) is 0 Å². The molecule has 1 saturated heterocycles. The molecule has 1 aliphatic rings. The van der Waals surface area contributed by atoms with E-state index in [1.807, 2.05) is 30.1 Å². The number of rotatable bonds is 4. The highest BCUT2D eigenvalue weighted by molar-refractivity contribution is 9.10. The number of thiocarbonyl (C=S) groups is 1. The van der Waals surface area contributed by atoms with Crippen LogP contribution in [0.1, 0.15) is 18.4 Å². The lowest BCUT2D eigenvalue weighted by Crippen LogP contribution is -2.46. The van der Waals surface area contributed by atoms with Crippen LogP contribution in [0.5, 0.6) is 0 Å². The van der Waals surface area contributed by atoms with Crippen molar-refractivity contribution in [2.45, 2.75) is 18.4 Å². The number of hydrogen-bond acceptors (Lipinski definition) is 4. The third kappa shape index (κ3) is 3.69. The molecule has 0 radical (unpaired) electrons. The van der Waals surface area contributed by atoms with Crippen molar-refractivity contribution in [3.63, 3.8) is 0 Å². The maximum absolute atomic E-state index is 10.6.